The van der Waals surface area contributed by atoms with Crippen LogP contribution in [0.15, 0.2) is 52.5 Å². The summed E-state index contributed by atoms with van der Waals surface area (Å²) in [6, 6.07) is 3.48. The lowest BCUT2D eigenvalue weighted by atomic mass is 10.4. The van der Waals surface area contributed by atoms with Crippen LogP contribution in [0.4, 0.5) is 11.9 Å². The second-order valence-corrected chi connectivity index (χ2v) is 4.22. The van der Waals surface area contributed by atoms with Crippen LogP contribution in [0.3, 0.4) is 0 Å². The van der Waals surface area contributed by atoms with Crippen LogP contribution < -0.4 is 0 Å². The quantitative estimate of drug-likeness (QED) is 0.682. The number of hydrogen-bond acceptors (Lipinski definition) is 8. The lowest BCUT2D eigenvalue weighted by Crippen LogP contribution is -1.85. The van der Waals surface area contributed by atoms with E-state index in [0.29, 0.717) is 5.69 Å². The second kappa shape index (κ2) is 5.36. The van der Waals surface area contributed by atoms with Gasteiger partial charge < -0.3 is 0 Å². The van der Waals surface area contributed by atoms with Crippen molar-refractivity contribution in [3.8, 4) is 10.7 Å². The molecule has 0 radical (unpaired) electrons. The van der Waals surface area contributed by atoms with Crippen LogP contribution in [0.1, 0.15) is 0 Å². The average Bonchev–Trinajstić information content (AvgIpc) is 3.01. The SMILES string of the molecule is c1cnc(N=Nc2nccc(-c3nccs3)n2)nc1. The van der Waals surface area contributed by atoms with Crippen LogP contribution in [0.5, 0.6) is 0 Å². The molecule has 3 aromatic rings. The van der Waals surface area contributed by atoms with Crippen LogP contribution >= 0.6 is 11.3 Å². The van der Waals surface area contributed by atoms with Gasteiger partial charge in [0.1, 0.15) is 10.7 Å². The molecular weight excluding hydrogens is 262 g/mol. The minimum absolute atomic E-state index is 0.250. The monoisotopic (exact) mass is 269 g/mol. The number of azo groups is 1. The van der Waals surface area contributed by atoms with E-state index in [2.05, 4.69) is 35.1 Å². The molecule has 0 aliphatic heterocycles. The van der Waals surface area contributed by atoms with Gasteiger partial charge in [0.25, 0.3) is 11.9 Å². The van der Waals surface area contributed by atoms with Crippen molar-refractivity contribution in [1.29, 1.82) is 0 Å². The van der Waals surface area contributed by atoms with Crippen molar-refractivity contribution in [3.63, 3.8) is 0 Å². The Balaban J connectivity index is 1.86. The molecule has 3 aromatic heterocycles. The summed E-state index contributed by atoms with van der Waals surface area (Å²) in [5, 5.41) is 10.5. The van der Waals surface area contributed by atoms with Crippen molar-refractivity contribution >= 4 is 23.2 Å². The topological polar surface area (TPSA) is 89.2 Å². The highest BCUT2D eigenvalue weighted by atomic mass is 32.1. The van der Waals surface area contributed by atoms with Crippen molar-refractivity contribution in [3.05, 3.63) is 42.3 Å². The Morgan fingerprint density at radius 1 is 0.842 bits per heavy atom. The number of nitrogens with zero attached hydrogens (tertiary/aromatic N) is 7. The van der Waals surface area contributed by atoms with E-state index in [-0.39, 0.29) is 11.9 Å². The molecule has 0 fully saturated rings. The molecule has 0 aromatic carbocycles. The minimum Gasteiger partial charge on any atom is -0.243 e. The number of aromatic nitrogens is 5. The van der Waals surface area contributed by atoms with Crippen molar-refractivity contribution in [2.45, 2.75) is 0 Å². The van der Waals surface area contributed by atoms with Crippen LogP contribution in [0, 0.1) is 0 Å². The van der Waals surface area contributed by atoms with Crippen molar-refractivity contribution in [2.24, 2.45) is 10.2 Å². The lowest BCUT2D eigenvalue weighted by Gasteiger charge is -1.95. The predicted octanol–water partition coefficient (Wildman–Crippen LogP) is 2.81. The Hall–Kier alpha value is -2.61. The first-order valence-corrected chi connectivity index (χ1v) is 6.21. The summed E-state index contributed by atoms with van der Waals surface area (Å²) in [4.78, 5) is 20.3. The Labute approximate surface area is 112 Å². The summed E-state index contributed by atoms with van der Waals surface area (Å²) in [5.41, 5.74) is 0.716. The summed E-state index contributed by atoms with van der Waals surface area (Å²) < 4.78 is 0. The third-order valence-corrected chi connectivity index (χ3v) is 2.87. The maximum absolute atomic E-state index is 4.25. The molecule has 0 N–H and O–H groups in total. The lowest BCUT2D eigenvalue weighted by molar-refractivity contribution is 1.01. The first-order chi connectivity index (χ1) is 9.42. The van der Waals surface area contributed by atoms with Crippen LogP contribution in [0.25, 0.3) is 10.7 Å². The molecule has 0 unspecified atom stereocenters. The van der Waals surface area contributed by atoms with Crippen molar-refractivity contribution in [1.82, 2.24) is 24.9 Å². The van der Waals surface area contributed by atoms with E-state index in [4.69, 9.17) is 0 Å². The van der Waals surface area contributed by atoms with Gasteiger partial charge in [-0.15, -0.1) is 21.6 Å². The van der Waals surface area contributed by atoms with Crippen molar-refractivity contribution < 1.29 is 0 Å². The fourth-order valence-electron chi connectivity index (χ4n) is 1.30. The van der Waals surface area contributed by atoms with Gasteiger partial charge in [-0.2, -0.15) is 0 Å². The highest BCUT2D eigenvalue weighted by Gasteiger charge is 2.03. The maximum atomic E-state index is 4.25. The third kappa shape index (κ3) is 2.80. The molecular formula is C11H7N7S. The molecule has 0 spiro atoms. The van der Waals surface area contributed by atoms with E-state index >= 15 is 0 Å². The summed E-state index contributed by atoms with van der Waals surface area (Å²) in [5.74, 6) is 0.519. The minimum atomic E-state index is 0.250. The molecule has 3 rings (SSSR count). The molecule has 7 nitrogen and oxygen atoms in total. The normalized spacial score (nSPS) is 10.9. The Kier molecular flexibility index (Phi) is 3.24. The van der Waals surface area contributed by atoms with Gasteiger partial charge in [0, 0.05) is 30.2 Å². The zero-order valence-corrected chi connectivity index (χ0v) is 10.4. The molecule has 0 aliphatic rings. The standard InChI is InChI=1S/C11H7N7S/c1-3-13-10(14-4-1)17-18-11-15-5-2-8(16-11)9-12-6-7-19-9/h1-7H. The Morgan fingerprint density at radius 3 is 2.42 bits per heavy atom. The van der Waals surface area contributed by atoms with Gasteiger partial charge >= 0.3 is 0 Å². The van der Waals surface area contributed by atoms with Crippen molar-refractivity contribution in [2.75, 3.05) is 0 Å². The summed E-state index contributed by atoms with van der Waals surface area (Å²) in [6.45, 7) is 0. The molecule has 0 saturated carbocycles. The van der Waals surface area contributed by atoms with E-state index in [1.807, 2.05) is 5.38 Å². The average molecular weight is 269 g/mol. The van der Waals surface area contributed by atoms with E-state index in [0.717, 1.165) is 5.01 Å². The summed E-state index contributed by atoms with van der Waals surface area (Å²) >= 11 is 1.50. The van der Waals surface area contributed by atoms with Crippen LogP contribution in [0.2, 0.25) is 0 Å². The fraction of sp³-hybridized carbons (Fsp3) is 0. The zero-order chi connectivity index (χ0) is 12.9. The molecule has 8 heteroatoms. The van der Waals surface area contributed by atoms with E-state index in [9.17, 15) is 0 Å². The molecule has 3 heterocycles. The largest absolute Gasteiger partial charge is 0.269 e. The Bertz CT molecular complexity index is 681. The van der Waals surface area contributed by atoms with E-state index < -0.39 is 0 Å². The van der Waals surface area contributed by atoms with Gasteiger partial charge in [-0.1, -0.05) is 0 Å². The molecule has 92 valence electrons. The zero-order valence-electron chi connectivity index (χ0n) is 9.58. The fourth-order valence-corrected chi connectivity index (χ4v) is 1.90. The molecule has 0 atom stereocenters. The third-order valence-electron chi connectivity index (χ3n) is 2.08. The molecule has 19 heavy (non-hydrogen) atoms. The summed E-state index contributed by atoms with van der Waals surface area (Å²) in [6.07, 6.45) is 6.52. The first kappa shape index (κ1) is 11.5. The predicted molar refractivity (Wildman–Crippen MR) is 69.3 cm³/mol. The highest BCUT2D eigenvalue weighted by molar-refractivity contribution is 7.13. The van der Waals surface area contributed by atoms with Gasteiger partial charge in [0.05, 0.1) is 0 Å². The maximum Gasteiger partial charge on any atom is 0.269 e. The highest BCUT2D eigenvalue weighted by Crippen LogP contribution is 2.20. The van der Waals surface area contributed by atoms with E-state index in [1.54, 1.807) is 36.9 Å². The number of thiazole rings is 1. The van der Waals surface area contributed by atoms with E-state index in [1.165, 1.54) is 11.3 Å². The van der Waals surface area contributed by atoms with Crippen LogP contribution in [-0.2, 0) is 0 Å². The molecule has 0 amide bonds. The van der Waals surface area contributed by atoms with Gasteiger partial charge in [0.2, 0.25) is 0 Å². The number of rotatable bonds is 3. The molecule has 0 bridgehead atoms. The molecule has 0 saturated heterocycles. The smallest absolute Gasteiger partial charge is 0.243 e. The van der Waals surface area contributed by atoms with Gasteiger partial charge in [-0.3, -0.25) is 0 Å². The number of hydrogen-bond donors (Lipinski definition) is 0. The molecule has 0 aliphatic carbocycles. The Morgan fingerprint density at radius 2 is 1.63 bits per heavy atom. The van der Waals surface area contributed by atoms with Crippen LogP contribution in [-0.4, -0.2) is 24.9 Å². The van der Waals surface area contributed by atoms with Gasteiger partial charge in [-0.05, 0) is 12.1 Å². The van der Waals surface area contributed by atoms with Gasteiger partial charge in [-0.25, -0.2) is 24.9 Å². The second-order valence-electron chi connectivity index (χ2n) is 3.33. The van der Waals surface area contributed by atoms with Gasteiger partial charge in [0.15, 0.2) is 0 Å². The summed E-state index contributed by atoms with van der Waals surface area (Å²) in [7, 11) is 0. The first-order valence-electron chi connectivity index (χ1n) is 5.33.